The fraction of sp³-hybridized carbons (Fsp3) is 0.571. The van der Waals surface area contributed by atoms with Gasteiger partial charge in [-0.25, -0.2) is 0 Å². The van der Waals surface area contributed by atoms with Crippen molar-refractivity contribution in [2.24, 2.45) is 0 Å². The lowest BCUT2D eigenvalue weighted by Crippen LogP contribution is -2.56. The highest BCUT2D eigenvalue weighted by Crippen LogP contribution is 2.36. The number of H-pyrrole nitrogens is 1. The number of nitrogens with one attached hydrogen (secondary N) is 2. The lowest BCUT2D eigenvalue weighted by Gasteiger charge is -2.43. The Hall–Kier alpha value is -1.85. The molecule has 4 rings (SSSR count). The number of fused-ring (bicyclic) bond motifs is 3. The molecule has 1 amide bonds. The van der Waals surface area contributed by atoms with Crippen LogP contribution in [0.25, 0.3) is 10.9 Å². The molecule has 2 aliphatic rings. The first-order chi connectivity index (χ1) is 12.6. The Morgan fingerprint density at radius 2 is 2.08 bits per heavy atom. The van der Waals surface area contributed by atoms with E-state index in [9.17, 15) is 4.79 Å². The van der Waals surface area contributed by atoms with Crippen molar-refractivity contribution in [2.75, 3.05) is 33.9 Å². The van der Waals surface area contributed by atoms with E-state index in [1.165, 1.54) is 10.9 Å². The Morgan fingerprint density at radius 3 is 2.85 bits per heavy atom. The summed E-state index contributed by atoms with van der Waals surface area (Å²) in [5.74, 6) is 0.0930. The Morgan fingerprint density at radius 1 is 1.31 bits per heavy atom. The molecule has 5 nitrogen and oxygen atoms in total. The zero-order valence-corrected chi connectivity index (χ0v) is 15.8. The molecule has 26 heavy (non-hydrogen) atoms. The second-order valence-electron chi connectivity index (χ2n) is 7.96. The zero-order chi connectivity index (χ0) is 18.1. The lowest BCUT2D eigenvalue weighted by atomic mass is 9.85. The summed E-state index contributed by atoms with van der Waals surface area (Å²) in [6.07, 6.45) is 4.97. The van der Waals surface area contributed by atoms with Gasteiger partial charge in [-0.15, -0.1) is 0 Å². The largest absolute Gasteiger partial charge is 0.381 e. The Balaban J connectivity index is 1.53. The van der Waals surface area contributed by atoms with Crippen LogP contribution in [0.1, 0.15) is 42.9 Å². The number of aromatic nitrogens is 1. The summed E-state index contributed by atoms with van der Waals surface area (Å²) in [5.41, 5.74) is 3.61. The summed E-state index contributed by atoms with van der Waals surface area (Å²) < 4.78 is 5.53. The first-order valence-corrected chi connectivity index (χ1v) is 9.73. The quantitative estimate of drug-likeness (QED) is 0.887. The normalized spacial score (nSPS) is 22.3. The maximum atomic E-state index is 13.1. The number of aryl methyl sites for hydroxylation is 1. The highest BCUT2D eigenvalue weighted by molar-refractivity contribution is 5.90. The number of benzene rings is 1. The zero-order valence-electron chi connectivity index (χ0n) is 15.8. The van der Waals surface area contributed by atoms with Crippen LogP contribution in [0.4, 0.5) is 0 Å². The van der Waals surface area contributed by atoms with Gasteiger partial charge in [0.25, 0.3) is 0 Å². The molecule has 1 aromatic heterocycles. The van der Waals surface area contributed by atoms with Crippen molar-refractivity contribution in [3.8, 4) is 0 Å². The third kappa shape index (κ3) is 3.03. The van der Waals surface area contributed by atoms with Crippen LogP contribution >= 0.6 is 0 Å². The van der Waals surface area contributed by atoms with Gasteiger partial charge < -0.3 is 19.9 Å². The summed E-state index contributed by atoms with van der Waals surface area (Å²) in [6, 6.07) is 8.39. The molecule has 140 valence electrons. The molecule has 1 aliphatic heterocycles. The fourth-order valence-corrected chi connectivity index (χ4v) is 4.59. The Kier molecular flexibility index (Phi) is 4.76. The number of nitrogens with zero attached hydrogens (tertiary/aromatic N) is 1. The van der Waals surface area contributed by atoms with E-state index in [0.717, 1.165) is 56.5 Å². The minimum Gasteiger partial charge on any atom is -0.381 e. The van der Waals surface area contributed by atoms with E-state index in [-0.39, 0.29) is 17.4 Å². The smallest absolute Gasteiger partial charge is 0.229 e. The molecule has 1 aromatic carbocycles. The number of likely N-dealkylation sites (N-methyl/N-ethyl adjacent to an activating group) is 1. The summed E-state index contributed by atoms with van der Waals surface area (Å²) in [7, 11) is 4.21. The number of amides is 1. The predicted octanol–water partition coefficient (Wildman–Crippen LogP) is 2.81. The van der Waals surface area contributed by atoms with Crippen molar-refractivity contribution >= 4 is 16.8 Å². The van der Waals surface area contributed by atoms with Crippen molar-refractivity contribution in [1.29, 1.82) is 0 Å². The molecule has 1 saturated heterocycles. The fourth-order valence-electron chi connectivity index (χ4n) is 4.59. The summed E-state index contributed by atoms with van der Waals surface area (Å²) >= 11 is 0. The van der Waals surface area contributed by atoms with Gasteiger partial charge in [0.05, 0.1) is 5.92 Å². The van der Waals surface area contributed by atoms with Crippen LogP contribution in [-0.2, 0) is 16.0 Å². The van der Waals surface area contributed by atoms with E-state index in [2.05, 4.69) is 47.5 Å². The summed E-state index contributed by atoms with van der Waals surface area (Å²) in [4.78, 5) is 18.8. The first-order valence-electron chi connectivity index (χ1n) is 9.73. The van der Waals surface area contributed by atoms with Gasteiger partial charge in [-0.3, -0.25) is 4.79 Å². The van der Waals surface area contributed by atoms with Crippen molar-refractivity contribution in [2.45, 2.75) is 43.6 Å². The van der Waals surface area contributed by atoms with E-state index in [4.69, 9.17) is 4.74 Å². The number of aromatic amines is 1. The molecule has 0 saturated carbocycles. The van der Waals surface area contributed by atoms with Gasteiger partial charge in [0, 0.05) is 41.9 Å². The highest BCUT2D eigenvalue weighted by Gasteiger charge is 2.36. The van der Waals surface area contributed by atoms with Crippen molar-refractivity contribution in [3.05, 3.63) is 35.5 Å². The first kappa shape index (κ1) is 17.6. The molecule has 5 heteroatoms. The van der Waals surface area contributed by atoms with Gasteiger partial charge in [-0.05, 0) is 57.8 Å². The van der Waals surface area contributed by atoms with E-state index in [1.807, 2.05) is 6.07 Å². The molecule has 1 fully saturated rings. The molecule has 0 unspecified atom stereocenters. The topological polar surface area (TPSA) is 57.4 Å². The molecular weight excluding hydrogens is 326 g/mol. The van der Waals surface area contributed by atoms with Crippen molar-refractivity contribution in [3.63, 3.8) is 0 Å². The minimum atomic E-state index is -0.0646. The van der Waals surface area contributed by atoms with Gasteiger partial charge in [-0.2, -0.15) is 0 Å². The number of carbonyl (C=O) groups excluding carboxylic acids is 1. The second kappa shape index (κ2) is 7.05. The second-order valence-corrected chi connectivity index (χ2v) is 7.96. The number of ether oxygens (including phenoxy) is 1. The van der Waals surface area contributed by atoms with Gasteiger partial charge in [-0.1, -0.05) is 18.2 Å². The van der Waals surface area contributed by atoms with Crippen LogP contribution in [0.3, 0.4) is 0 Å². The average molecular weight is 355 g/mol. The maximum absolute atomic E-state index is 13.1. The summed E-state index contributed by atoms with van der Waals surface area (Å²) in [6.45, 7) is 2.22. The maximum Gasteiger partial charge on any atom is 0.229 e. The standard InChI is InChI=1S/C21H29N3O2/c1-24(2)21(10-12-26-13-11-21)14-22-20(25)17-8-5-7-16-15-6-3-4-9-18(15)23-19(16)17/h3-4,6,9,17,23H,5,7-8,10-14H2,1-2H3,(H,22,25)/t17-/m1/s1. The van der Waals surface area contributed by atoms with Crippen molar-refractivity contribution in [1.82, 2.24) is 15.2 Å². The van der Waals surface area contributed by atoms with Crippen LogP contribution in [0.5, 0.6) is 0 Å². The molecule has 0 radical (unpaired) electrons. The van der Waals surface area contributed by atoms with E-state index < -0.39 is 0 Å². The van der Waals surface area contributed by atoms with Gasteiger partial charge in [0.2, 0.25) is 5.91 Å². The number of hydrogen-bond donors (Lipinski definition) is 2. The van der Waals surface area contributed by atoms with Gasteiger partial charge >= 0.3 is 0 Å². The molecular formula is C21H29N3O2. The van der Waals surface area contributed by atoms with Gasteiger partial charge in [0.15, 0.2) is 0 Å². The third-order valence-corrected chi connectivity index (χ3v) is 6.40. The van der Waals surface area contributed by atoms with Crippen LogP contribution in [0, 0.1) is 0 Å². The van der Waals surface area contributed by atoms with Crippen molar-refractivity contribution < 1.29 is 9.53 Å². The minimum absolute atomic E-state index is 0.00581. The number of hydrogen-bond acceptors (Lipinski definition) is 3. The number of rotatable bonds is 4. The molecule has 0 spiro atoms. The SMILES string of the molecule is CN(C)C1(CNC(=O)[C@@H]2CCCc3c2[nH]c2ccccc32)CCOCC1. The molecule has 2 aromatic rings. The molecule has 0 bridgehead atoms. The van der Waals surface area contributed by atoms with E-state index >= 15 is 0 Å². The van der Waals surface area contributed by atoms with Crippen LogP contribution in [-0.4, -0.2) is 55.2 Å². The van der Waals surface area contributed by atoms with Gasteiger partial charge in [0.1, 0.15) is 0 Å². The van der Waals surface area contributed by atoms with Crippen LogP contribution in [0.15, 0.2) is 24.3 Å². The number of carbonyl (C=O) groups is 1. The highest BCUT2D eigenvalue weighted by atomic mass is 16.5. The monoisotopic (exact) mass is 355 g/mol. The summed E-state index contributed by atoms with van der Waals surface area (Å²) in [5, 5.41) is 4.55. The van der Waals surface area contributed by atoms with E-state index in [1.54, 1.807) is 0 Å². The third-order valence-electron chi connectivity index (χ3n) is 6.40. The molecule has 1 aliphatic carbocycles. The lowest BCUT2D eigenvalue weighted by molar-refractivity contribution is -0.124. The van der Waals surface area contributed by atoms with E-state index in [0.29, 0.717) is 6.54 Å². The van der Waals surface area contributed by atoms with Crippen LogP contribution in [0.2, 0.25) is 0 Å². The predicted molar refractivity (Wildman–Crippen MR) is 103 cm³/mol. The number of para-hydroxylation sites is 1. The molecule has 2 heterocycles. The van der Waals surface area contributed by atoms with Crippen LogP contribution < -0.4 is 5.32 Å². The Labute approximate surface area is 155 Å². The average Bonchev–Trinajstić information content (AvgIpc) is 3.05. The molecule has 1 atom stereocenters. The Bertz CT molecular complexity index is 790. The molecule has 2 N–H and O–H groups in total.